The first-order valence-corrected chi connectivity index (χ1v) is 7.73. The Balaban J connectivity index is 2.22. The largest absolute Gasteiger partial charge is 0.487 e. The van der Waals surface area contributed by atoms with E-state index in [2.05, 4.69) is 10.6 Å². The lowest BCUT2D eigenvalue weighted by Gasteiger charge is -2.26. The summed E-state index contributed by atoms with van der Waals surface area (Å²) in [5, 5.41) is 6.03. The Morgan fingerprint density at radius 3 is 2.52 bits per heavy atom. The molecule has 0 spiro atoms. The van der Waals surface area contributed by atoms with E-state index in [4.69, 9.17) is 32.7 Å². The van der Waals surface area contributed by atoms with Crippen LogP contribution in [0, 0.1) is 0 Å². The fourth-order valence-electron chi connectivity index (χ4n) is 2.16. The molecule has 0 saturated heterocycles. The molecule has 0 fully saturated rings. The van der Waals surface area contributed by atoms with Crippen LogP contribution in [0.15, 0.2) is 29.5 Å². The summed E-state index contributed by atoms with van der Waals surface area (Å²) in [6, 6.07) is 3.86. The van der Waals surface area contributed by atoms with Crippen LogP contribution in [0.4, 0.5) is 4.79 Å². The van der Waals surface area contributed by atoms with Gasteiger partial charge in [-0.2, -0.15) is 0 Å². The number of amides is 2. The fraction of sp³-hybridized carbons (Fsp3) is 0.333. The summed E-state index contributed by atoms with van der Waals surface area (Å²) in [5.41, 5.74) is 0.662. The minimum atomic E-state index is -0.504. The second kappa shape index (κ2) is 7.57. The Morgan fingerprint density at radius 2 is 1.91 bits per heavy atom. The Labute approximate surface area is 143 Å². The number of urea groups is 1. The number of ether oxygens (including phenoxy) is 2. The minimum absolute atomic E-state index is 0.0252. The van der Waals surface area contributed by atoms with Crippen LogP contribution in [-0.4, -0.2) is 31.3 Å². The normalized spacial score (nSPS) is 17.4. The predicted molar refractivity (Wildman–Crippen MR) is 86.7 cm³/mol. The van der Waals surface area contributed by atoms with Gasteiger partial charge in [-0.05, 0) is 32.0 Å². The third-order valence-electron chi connectivity index (χ3n) is 3.08. The van der Waals surface area contributed by atoms with Gasteiger partial charge in [0.15, 0.2) is 0 Å². The Bertz CT molecular complexity index is 641. The molecule has 1 aromatic rings. The van der Waals surface area contributed by atoms with E-state index in [0.29, 0.717) is 27.1 Å². The first-order valence-electron chi connectivity index (χ1n) is 6.97. The van der Waals surface area contributed by atoms with Gasteiger partial charge >= 0.3 is 12.0 Å². The van der Waals surface area contributed by atoms with Gasteiger partial charge in [0.05, 0.1) is 23.9 Å². The number of hydrogen-bond donors (Lipinski definition) is 2. The number of esters is 1. The number of carbonyl (C=O) groups excluding carboxylic acids is 2. The molecule has 2 N–H and O–H groups in total. The predicted octanol–water partition coefficient (Wildman–Crippen LogP) is 2.89. The maximum atomic E-state index is 12.1. The summed E-state index contributed by atoms with van der Waals surface area (Å²) in [4.78, 5) is 23.7. The van der Waals surface area contributed by atoms with Crippen molar-refractivity contribution in [2.24, 2.45) is 0 Å². The Morgan fingerprint density at radius 1 is 1.26 bits per heavy atom. The zero-order valence-electron chi connectivity index (χ0n) is 12.6. The van der Waals surface area contributed by atoms with E-state index in [1.54, 1.807) is 32.0 Å². The van der Waals surface area contributed by atoms with Crippen LogP contribution < -0.4 is 15.4 Å². The van der Waals surface area contributed by atoms with Crippen LogP contribution in [0.3, 0.4) is 0 Å². The summed E-state index contributed by atoms with van der Waals surface area (Å²) in [6.07, 6.45) is 0. The highest BCUT2D eigenvalue weighted by Gasteiger charge is 2.29. The molecule has 23 heavy (non-hydrogen) atoms. The van der Waals surface area contributed by atoms with E-state index >= 15 is 0 Å². The van der Waals surface area contributed by atoms with Crippen LogP contribution in [-0.2, 0) is 9.53 Å². The smallest absolute Gasteiger partial charge is 0.338 e. The standard InChI is InChI=1S/C15H16Cl2N2O4/c1-3-22-14(20)13-8(2)18-15(21)19-12(13)7-23-11-5-9(16)4-10(17)6-11/h4-6,8H,3,7H2,1-2H3,(H2,18,19,21)/t8-/m0/s1. The molecule has 6 nitrogen and oxygen atoms in total. The zero-order valence-corrected chi connectivity index (χ0v) is 14.1. The molecule has 1 atom stereocenters. The van der Waals surface area contributed by atoms with Gasteiger partial charge in [-0.15, -0.1) is 0 Å². The molecule has 8 heteroatoms. The molecule has 0 aliphatic carbocycles. The Hall–Kier alpha value is -1.92. The van der Waals surface area contributed by atoms with Crippen LogP contribution in [0.2, 0.25) is 10.0 Å². The van der Waals surface area contributed by atoms with E-state index in [1.807, 2.05) is 0 Å². The third kappa shape index (κ3) is 4.53. The Kier molecular flexibility index (Phi) is 5.74. The molecular weight excluding hydrogens is 343 g/mol. The van der Waals surface area contributed by atoms with Gasteiger partial charge in [0, 0.05) is 10.0 Å². The SMILES string of the molecule is CCOC(=O)C1=C(COc2cc(Cl)cc(Cl)c2)NC(=O)N[C@H]1C. The number of hydrogen-bond acceptors (Lipinski definition) is 4. The number of rotatable bonds is 5. The first kappa shape index (κ1) is 17.4. The molecule has 2 rings (SSSR count). The number of halogens is 2. The molecule has 1 aliphatic heterocycles. The lowest BCUT2D eigenvalue weighted by atomic mass is 10.0. The number of carbonyl (C=O) groups is 2. The molecule has 2 amide bonds. The highest BCUT2D eigenvalue weighted by Crippen LogP contribution is 2.25. The molecule has 0 radical (unpaired) electrons. The first-order chi connectivity index (χ1) is 10.9. The molecule has 1 aromatic carbocycles. The van der Waals surface area contributed by atoms with Crippen molar-refractivity contribution in [2.45, 2.75) is 19.9 Å². The van der Waals surface area contributed by atoms with E-state index in [1.165, 1.54) is 0 Å². The minimum Gasteiger partial charge on any atom is -0.487 e. The lowest BCUT2D eigenvalue weighted by Crippen LogP contribution is -2.50. The third-order valence-corrected chi connectivity index (χ3v) is 3.52. The highest BCUT2D eigenvalue weighted by atomic mass is 35.5. The molecule has 1 aliphatic rings. The maximum Gasteiger partial charge on any atom is 0.338 e. The van der Waals surface area contributed by atoms with Gasteiger partial charge in [-0.3, -0.25) is 0 Å². The topological polar surface area (TPSA) is 76.7 Å². The van der Waals surface area contributed by atoms with Gasteiger partial charge in [-0.25, -0.2) is 9.59 Å². The lowest BCUT2D eigenvalue weighted by molar-refractivity contribution is -0.139. The molecule has 0 aromatic heterocycles. The second-order valence-corrected chi connectivity index (χ2v) is 5.70. The summed E-state index contributed by atoms with van der Waals surface area (Å²) < 4.78 is 10.6. The molecule has 0 unspecified atom stereocenters. The average Bonchev–Trinajstić information content (AvgIpc) is 2.43. The quantitative estimate of drug-likeness (QED) is 0.793. The van der Waals surface area contributed by atoms with Crippen molar-refractivity contribution in [3.8, 4) is 5.75 Å². The van der Waals surface area contributed by atoms with Gasteiger partial charge in [-0.1, -0.05) is 23.2 Å². The highest BCUT2D eigenvalue weighted by molar-refractivity contribution is 6.34. The second-order valence-electron chi connectivity index (χ2n) is 4.83. The van der Waals surface area contributed by atoms with E-state index < -0.39 is 18.0 Å². The van der Waals surface area contributed by atoms with Crippen molar-refractivity contribution in [3.63, 3.8) is 0 Å². The number of benzene rings is 1. The van der Waals surface area contributed by atoms with Crippen LogP contribution in [0.1, 0.15) is 13.8 Å². The van der Waals surface area contributed by atoms with E-state index in [0.717, 1.165) is 0 Å². The molecule has 124 valence electrons. The van der Waals surface area contributed by atoms with Crippen molar-refractivity contribution in [3.05, 3.63) is 39.5 Å². The van der Waals surface area contributed by atoms with Gasteiger partial charge < -0.3 is 20.1 Å². The zero-order chi connectivity index (χ0) is 17.0. The molecule has 0 bridgehead atoms. The van der Waals surface area contributed by atoms with Gasteiger partial charge in [0.1, 0.15) is 12.4 Å². The van der Waals surface area contributed by atoms with Crippen LogP contribution >= 0.6 is 23.2 Å². The van der Waals surface area contributed by atoms with Crippen molar-refractivity contribution in [1.82, 2.24) is 10.6 Å². The molecular formula is C15H16Cl2N2O4. The maximum absolute atomic E-state index is 12.1. The van der Waals surface area contributed by atoms with E-state index in [9.17, 15) is 9.59 Å². The van der Waals surface area contributed by atoms with Crippen molar-refractivity contribution < 1.29 is 19.1 Å². The average molecular weight is 359 g/mol. The summed E-state index contributed by atoms with van der Waals surface area (Å²) in [5.74, 6) is -0.0751. The van der Waals surface area contributed by atoms with Crippen molar-refractivity contribution in [2.75, 3.05) is 13.2 Å². The monoisotopic (exact) mass is 358 g/mol. The van der Waals surface area contributed by atoms with E-state index in [-0.39, 0.29) is 13.2 Å². The van der Waals surface area contributed by atoms with Gasteiger partial charge in [0.2, 0.25) is 0 Å². The van der Waals surface area contributed by atoms with Crippen molar-refractivity contribution in [1.29, 1.82) is 0 Å². The fourth-order valence-corrected chi connectivity index (χ4v) is 2.67. The van der Waals surface area contributed by atoms with Crippen LogP contribution in [0.5, 0.6) is 5.75 Å². The summed E-state index contributed by atoms with van der Waals surface area (Å²) >= 11 is 11.8. The van der Waals surface area contributed by atoms with Crippen LogP contribution in [0.25, 0.3) is 0 Å². The van der Waals surface area contributed by atoms with Crippen molar-refractivity contribution >= 4 is 35.2 Å². The molecule has 1 heterocycles. The summed E-state index contributed by atoms with van der Waals surface area (Å²) in [6.45, 7) is 3.62. The molecule has 0 saturated carbocycles. The van der Waals surface area contributed by atoms with Gasteiger partial charge in [0.25, 0.3) is 0 Å². The number of nitrogens with one attached hydrogen (secondary N) is 2. The summed E-state index contributed by atoms with van der Waals surface area (Å²) in [7, 11) is 0.